The number of halogens is 2. The first kappa shape index (κ1) is 19.7. The zero-order valence-electron chi connectivity index (χ0n) is 11.8. The molecule has 118 valence electrons. The van der Waals surface area contributed by atoms with Gasteiger partial charge < -0.3 is 15.6 Å². The molecule has 1 aromatic heterocycles. The van der Waals surface area contributed by atoms with E-state index >= 15 is 0 Å². The van der Waals surface area contributed by atoms with Crippen LogP contribution in [-0.4, -0.2) is 28.5 Å². The van der Waals surface area contributed by atoms with Gasteiger partial charge in [-0.25, -0.2) is 4.98 Å². The van der Waals surface area contributed by atoms with Gasteiger partial charge in [0, 0.05) is 19.5 Å². The Kier molecular flexibility index (Phi) is 9.78. The van der Waals surface area contributed by atoms with Crippen molar-refractivity contribution in [2.75, 3.05) is 13.1 Å². The van der Waals surface area contributed by atoms with Crippen LogP contribution in [-0.2, 0) is 11.3 Å². The molecule has 0 atom stereocenters. The number of aromatic nitrogens is 2. The number of para-hydroxylation sites is 2. The minimum Gasteiger partial charge on any atom is -0.356 e. The summed E-state index contributed by atoms with van der Waals surface area (Å²) in [6.45, 7) is 2.04. The number of fused-ring (bicyclic) bond motifs is 1. The second kappa shape index (κ2) is 10.4. The lowest BCUT2D eigenvalue weighted by Crippen LogP contribution is -2.25. The molecular formula is C14H22Cl2N4O. The van der Waals surface area contributed by atoms with Crippen LogP contribution in [0, 0.1) is 0 Å². The van der Waals surface area contributed by atoms with E-state index in [0.29, 0.717) is 26.1 Å². The predicted molar refractivity (Wildman–Crippen MR) is 90.1 cm³/mol. The average molecular weight is 333 g/mol. The Bertz CT molecular complexity index is 545. The van der Waals surface area contributed by atoms with Gasteiger partial charge in [0.05, 0.1) is 17.4 Å². The Balaban J connectivity index is 0.00000200. The molecule has 0 aliphatic heterocycles. The maximum atomic E-state index is 11.7. The van der Waals surface area contributed by atoms with Crippen molar-refractivity contribution in [3.05, 3.63) is 30.6 Å². The second-order valence-electron chi connectivity index (χ2n) is 4.52. The number of hydrogen-bond donors (Lipinski definition) is 2. The number of hydrogen-bond acceptors (Lipinski definition) is 3. The van der Waals surface area contributed by atoms with Crippen molar-refractivity contribution in [3.8, 4) is 0 Å². The SMILES string of the molecule is Cl.Cl.NCCCCNC(=O)CCn1cnc2ccccc21. The highest BCUT2D eigenvalue weighted by atomic mass is 35.5. The summed E-state index contributed by atoms with van der Waals surface area (Å²) in [5.41, 5.74) is 7.43. The minimum atomic E-state index is 0. The summed E-state index contributed by atoms with van der Waals surface area (Å²) in [6.07, 6.45) is 4.15. The highest BCUT2D eigenvalue weighted by Gasteiger charge is 2.04. The highest BCUT2D eigenvalue weighted by Crippen LogP contribution is 2.11. The number of carbonyl (C=O) groups excluding carboxylic acids is 1. The lowest BCUT2D eigenvalue weighted by Gasteiger charge is -2.06. The number of aryl methyl sites for hydroxylation is 1. The van der Waals surface area contributed by atoms with Gasteiger partial charge in [0.2, 0.25) is 5.91 Å². The van der Waals surface area contributed by atoms with Crippen LogP contribution in [0.4, 0.5) is 0 Å². The Hall–Kier alpha value is -1.30. The fourth-order valence-corrected chi connectivity index (χ4v) is 2.00. The van der Waals surface area contributed by atoms with Gasteiger partial charge in [-0.05, 0) is 31.5 Å². The van der Waals surface area contributed by atoms with Crippen molar-refractivity contribution in [1.82, 2.24) is 14.9 Å². The molecule has 0 aliphatic carbocycles. The fraction of sp³-hybridized carbons (Fsp3) is 0.429. The Morgan fingerprint density at radius 2 is 2.00 bits per heavy atom. The third kappa shape index (κ3) is 5.91. The van der Waals surface area contributed by atoms with Crippen molar-refractivity contribution in [2.45, 2.75) is 25.8 Å². The summed E-state index contributed by atoms with van der Waals surface area (Å²) in [6, 6.07) is 7.93. The summed E-state index contributed by atoms with van der Waals surface area (Å²) in [4.78, 5) is 16.0. The zero-order valence-corrected chi connectivity index (χ0v) is 13.5. The molecule has 3 N–H and O–H groups in total. The van der Waals surface area contributed by atoms with Crippen LogP contribution in [0.1, 0.15) is 19.3 Å². The van der Waals surface area contributed by atoms with Gasteiger partial charge in [-0.3, -0.25) is 4.79 Å². The summed E-state index contributed by atoms with van der Waals surface area (Å²) >= 11 is 0. The monoisotopic (exact) mass is 332 g/mol. The van der Waals surface area contributed by atoms with Gasteiger partial charge in [0.15, 0.2) is 0 Å². The van der Waals surface area contributed by atoms with Crippen molar-refractivity contribution in [3.63, 3.8) is 0 Å². The van der Waals surface area contributed by atoms with Gasteiger partial charge in [0.1, 0.15) is 0 Å². The zero-order chi connectivity index (χ0) is 13.5. The lowest BCUT2D eigenvalue weighted by atomic mass is 10.3. The first-order valence-electron chi connectivity index (χ1n) is 6.68. The number of nitrogens with one attached hydrogen (secondary N) is 1. The van der Waals surface area contributed by atoms with Crippen LogP contribution in [0.25, 0.3) is 11.0 Å². The number of unbranched alkanes of at least 4 members (excludes halogenated alkanes) is 1. The number of nitrogens with two attached hydrogens (primary N) is 1. The molecule has 0 unspecified atom stereocenters. The molecule has 2 aromatic rings. The Labute approximate surface area is 137 Å². The van der Waals surface area contributed by atoms with Gasteiger partial charge in [-0.15, -0.1) is 24.8 Å². The van der Waals surface area contributed by atoms with E-state index in [9.17, 15) is 4.79 Å². The molecule has 1 amide bonds. The molecule has 0 saturated carbocycles. The normalized spacial score (nSPS) is 9.76. The van der Waals surface area contributed by atoms with E-state index < -0.39 is 0 Å². The van der Waals surface area contributed by atoms with E-state index in [2.05, 4.69) is 10.3 Å². The average Bonchev–Trinajstić information content (AvgIpc) is 2.85. The van der Waals surface area contributed by atoms with Gasteiger partial charge in [0.25, 0.3) is 0 Å². The van der Waals surface area contributed by atoms with Crippen molar-refractivity contribution < 1.29 is 4.79 Å². The van der Waals surface area contributed by atoms with Crippen LogP contribution in [0.5, 0.6) is 0 Å². The van der Waals surface area contributed by atoms with Crippen LogP contribution in [0.3, 0.4) is 0 Å². The fourth-order valence-electron chi connectivity index (χ4n) is 2.00. The molecule has 7 heteroatoms. The molecule has 1 heterocycles. The smallest absolute Gasteiger partial charge is 0.221 e. The van der Waals surface area contributed by atoms with Gasteiger partial charge >= 0.3 is 0 Å². The van der Waals surface area contributed by atoms with E-state index in [1.165, 1.54) is 0 Å². The number of imidazole rings is 1. The maximum absolute atomic E-state index is 11.7. The quantitative estimate of drug-likeness (QED) is 0.763. The van der Waals surface area contributed by atoms with E-state index in [1.54, 1.807) is 6.33 Å². The first-order chi connectivity index (χ1) is 9.31. The summed E-state index contributed by atoms with van der Waals surface area (Å²) < 4.78 is 2.01. The van der Waals surface area contributed by atoms with Crippen LogP contribution >= 0.6 is 24.8 Å². The minimum absolute atomic E-state index is 0. The molecule has 0 fully saturated rings. The highest BCUT2D eigenvalue weighted by molar-refractivity contribution is 5.85. The molecule has 1 aromatic carbocycles. The molecular weight excluding hydrogens is 311 g/mol. The topological polar surface area (TPSA) is 72.9 Å². The van der Waals surface area contributed by atoms with Crippen molar-refractivity contribution >= 4 is 41.8 Å². The number of benzene rings is 1. The maximum Gasteiger partial charge on any atom is 0.221 e. The third-order valence-electron chi connectivity index (χ3n) is 3.06. The summed E-state index contributed by atoms with van der Waals surface area (Å²) in [5, 5.41) is 2.90. The largest absolute Gasteiger partial charge is 0.356 e. The van der Waals surface area contributed by atoms with E-state index in [-0.39, 0.29) is 30.7 Å². The Morgan fingerprint density at radius 3 is 2.76 bits per heavy atom. The Morgan fingerprint density at radius 1 is 1.24 bits per heavy atom. The number of nitrogens with zero attached hydrogens (tertiary/aromatic N) is 2. The van der Waals surface area contributed by atoms with E-state index in [1.807, 2.05) is 28.8 Å². The summed E-state index contributed by atoms with van der Waals surface area (Å²) in [7, 11) is 0. The van der Waals surface area contributed by atoms with E-state index in [4.69, 9.17) is 5.73 Å². The van der Waals surface area contributed by atoms with E-state index in [0.717, 1.165) is 23.9 Å². The van der Waals surface area contributed by atoms with Crippen LogP contribution < -0.4 is 11.1 Å². The molecule has 2 rings (SSSR count). The molecule has 0 radical (unpaired) electrons. The molecule has 21 heavy (non-hydrogen) atoms. The molecule has 0 saturated heterocycles. The van der Waals surface area contributed by atoms with Gasteiger partial charge in [-0.1, -0.05) is 12.1 Å². The number of carbonyl (C=O) groups is 1. The predicted octanol–water partition coefficient (Wildman–Crippen LogP) is 2.13. The standard InChI is InChI=1S/C14H20N4O.2ClH/c15-8-3-4-9-16-14(19)7-10-18-11-17-12-5-1-2-6-13(12)18;;/h1-2,5-6,11H,3-4,7-10,15H2,(H,16,19);2*1H. The van der Waals surface area contributed by atoms with Crippen molar-refractivity contribution in [1.29, 1.82) is 0 Å². The third-order valence-corrected chi connectivity index (χ3v) is 3.06. The van der Waals surface area contributed by atoms with Crippen LogP contribution in [0.2, 0.25) is 0 Å². The van der Waals surface area contributed by atoms with Crippen molar-refractivity contribution in [2.24, 2.45) is 5.73 Å². The molecule has 0 bridgehead atoms. The molecule has 5 nitrogen and oxygen atoms in total. The molecule has 0 spiro atoms. The van der Waals surface area contributed by atoms with Gasteiger partial charge in [-0.2, -0.15) is 0 Å². The number of amides is 1. The second-order valence-corrected chi connectivity index (χ2v) is 4.52. The summed E-state index contributed by atoms with van der Waals surface area (Å²) in [5.74, 6) is 0.0785. The molecule has 0 aliphatic rings. The first-order valence-corrected chi connectivity index (χ1v) is 6.68. The number of rotatable bonds is 7. The van der Waals surface area contributed by atoms with Crippen LogP contribution in [0.15, 0.2) is 30.6 Å². The lowest BCUT2D eigenvalue weighted by molar-refractivity contribution is -0.121.